The van der Waals surface area contributed by atoms with E-state index in [1.54, 1.807) is 0 Å². The van der Waals surface area contributed by atoms with Crippen molar-refractivity contribution >= 4 is 0 Å². The minimum atomic E-state index is 0.0609. The Kier molecular flexibility index (Phi) is 7.43. The van der Waals surface area contributed by atoms with Gasteiger partial charge in [0, 0.05) is 6.61 Å². The summed E-state index contributed by atoms with van der Waals surface area (Å²) >= 11 is 0. The van der Waals surface area contributed by atoms with E-state index in [0.717, 1.165) is 45.3 Å². The Hall–Kier alpha value is -1.12. The quantitative estimate of drug-likeness (QED) is 0.513. The summed E-state index contributed by atoms with van der Waals surface area (Å²) in [5.74, 6) is 0. The molecule has 0 spiro atoms. The number of hydrogen-bond acceptors (Lipinski definition) is 2. The highest BCUT2D eigenvalue weighted by atomic mass is 16.7. The van der Waals surface area contributed by atoms with Crippen LogP contribution in [-0.4, -0.2) is 19.5 Å². The first-order valence-corrected chi connectivity index (χ1v) is 7.87. The van der Waals surface area contributed by atoms with E-state index in [1.807, 2.05) is 0 Å². The first-order valence-electron chi connectivity index (χ1n) is 7.87. The molecule has 110 valence electrons. The normalized spacial score (nSPS) is 19.5. The molecule has 1 aliphatic heterocycles. The first-order chi connectivity index (χ1) is 9.95. The summed E-state index contributed by atoms with van der Waals surface area (Å²) in [7, 11) is 0. The third-order valence-electron chi connectivity index (χ3n) is 3.57. The van der Waals surface area contributed by atoms with Gasteiger partial charge in [0.25, 0.3) is 0 Å². The minimum absolute atomic E-state index is 0.0609. The van der Waals surface area contributed by atoms with Crippen molar-refractivity contribution in [2.45, 2.75) is 51.2 Å². The Balaban J connectivity index is 1.45. The predicted molar refractivity (Wildman–Crippen MR) is 82.7 cm³/mol. The molecule has 0 bridgehead atoms. The summed E-state index contributed by atoms with van der Waals surface area (Å²) in [6.45, 7) is 1.68. The van der Waals surface area contributed by atoms with Crippen LogP contribution in [0.15, 0.2) is 42.5 Å². The fourth-order valence-corrected chi connectivity index (χ4v) is 2.39. The topological polar surface area (TPSA) is 18.5 Å². The van der Waals surface area contributed by atoms with Crippen LogP contribution >= 0.6 is 0 Å². The number of benzene rings is 1. The van der Waals surface area contributed by atoms with Gasteiger partial charge in [-0.1, -0.05) is 42.5 Å². The molecule has 20 heavy (non-hydrogen) atoms. The van der Waals surface area contributed by atoms with E-state index in [2.05, 4.69) is 42.5 Å². The zero-order chi connectivity index (χ0) is 13.9. The maximum absolute atomic E-state index is 5.70. The predicted octanol–water partition coefficient (Wildman–Crippen LogP) is 4.50. The van der Waals surface area contributed by atoms with Crippen molar-refractivity contribution in [1.82, 2.24) is 0 Å². The second kappa shape index (κ2) is 9.73. The van der Waals surface area contributed by atoms with E-state index in [-0.39, 0.29) is 6.29 Å². The Bertz CT molecular complexity index is 366. The number of allylic oxidation sites excluding steroid dienone is 2. The highest BCUT2D eigenvalue weighted by Crippen LogP contribution is 2.14. The van der Waals surface area contributed by atoms with Crippen molar-refractivity contribution < 1.29 is 9.47 Å². The van der Waals surface area contributed by atoms with E-state index in [1.165, 1.54) is 18.4 Å². The largest absolute Gasteiger partial charge is 0.353 e. The summed E-state index contributed by atoms with van der Waals surface area (Å²) in [5.41, 5.74) is 1.41. The Labute approximate surface area is 122 Å². The molecule has 0 aromatic heterocycles. The van der Waals surface area contributed by atoms with Gasteiger partial charge in [0.1, 0.15) is 0 Å². The van der Waals surface area contributed by atoms with Crippen LogP contribution in [0, 0.1) is 0 Å². The molecule has 2 rings (SSSR count). The van der Waals surface area contributed by atoms with E-state index in [4.69, 9.17) is 9.47 Å². The van der Waals surface area contributed by atoms with Gasteiger partial charge in [-0.05, 0) is 50.5 Å². The maximum Gasteiger partial charge on any atom is 0.157 e. The fraction of sp³-hybridized carbons (Fsp3) is 0.556. The second-order valence-corrected chi connectivity index (χ2v) is 5.30. The molecule has 1 aromatic rings. The van der Waals surface area contributed by atoms with Gasteiger partial charge in [0.15, 0.2) is 6.29 Å². The molecule has 2 nitrogen and oxygen atoms in total. The number of unbranched alkanes of at least 4 members (excludes halogenated alkanes) is 1. The summed E-state index contributed by atoms with van der Waals surface area (Å²) < 4.78 is 11.2. The maximum atomic E-state index is 5.70. The molecule has 1 unspecified atom stereocenters. The van der Waals surface area contributed by atoms with Crippen LogP contribution in [0.5, 0.6) is 0 Å². The van der Waals surface area contributed by atoms with Gasteiger partial charge in [-0.3, -0.25) is 0 Å². The molecule has 1 atom stereocenters. The average molecular weight is 274 g/mol. The molecular formula is C18H26O2. The second-order valence-electron chi connectivity index (χ2n) is 5.30. The summed E-state index contributed by atoms with van der Waals surface area (Å²) in [6, 6.07) is 10.6. The molecule has 0 N–H and O–H groups in total. The van der Waals surface area contributed by atoms with E-state index in [0.29, 0.717) is 0 Å². The van der Waals surface area contributed by atoms with Crippen molar-refractivity contribution in [3.8, 4) is 0 Å². The summed E-state index contributed by atoms with van der Waals surface area (Å²) in [5, 5.41) is 0. The monoisotopic (exact) mass is 274 g/mol. The van der Waals surface area contributed by atoms with Crippen LogP contribution in [0.2, 0.25) is 0 Å². The van der Waals surface area contributed by atoms with Crippen molar-refractivity contribution in [3.63, 3.8) is 0 Å². The van der Waals surface area contributed by atoms with Crippen molar-refractivity contribution in [2.24, 2.45) is 0 Å². The molecule has 0 radical (unpaired) electrons. The molecule has 1 aromatic carbocycles. The zero-order valence-corrected chi connectivity index (χ0v) is 12.3. The third kappa shape index (κ3) is 6.36. The molecule has 1 saturated heterocycles. The lowest BCUT2D eigenvalue weighted by molar-refractivity contribution is -0.162. The number of ether oxygens (including phenoxy) is 2. The molecular weight excluding hydrogens is 248 g/mol. The lowest BCUT2D eigenvalue weighted by Gasteiger charge is -2.22. The van der Waals surface area contributed by atoms with Gasteiger partial charge < -0.3 is 9.47 Å². The fourth-order valence-electron chi connectivity index (χ4n) is 2.39. The molecule has 1 aliphatic rings. The lowest BCUT2D eigenvalue weighted by atomic mass is 10.1. The smallest absolute Gasteiger partial charge is 0.157 e. The highest BCUT2D eigenvalue weighted by Gasteiger charge is 2.12. The molecule has 0 aliphatic carbocycles. The standard InChI is InChI=1S/C18H26O2/c1(2-5-11-17-12-6-4-7-13-17)3-9-15-19-18-14-8-10-16-20-18/h1-2,4,6-7,12-13,18H,3,5,8-11,14-16H2/b2-1-. The Morgan fingerprint density at radius 2 is 1.95 bits per heavy atom. The molecule has 0 amide bonds. The van der Waals surface area contributed by atoms with Crippen molar-refractivity contribution in [2.75, 3.05) is 13.2 Å². The van der Waals surface area contributed by atoms with E-state index in [9.17, 15) is 0 Å². The van der Waals surface area contributed by atoms with Crippen LogP contribution in [0.4, 0.5) is 0 Å². The number of rotatable bonds is 8. The zero-order valence-electron chi connectivity index (χ0n) is 12.3. The average Bonchev–Trinajstić information content (AvgIpc) is 2.52. The van der Waals surface area contributed by atoms with Gasteiger partial charge >= 0.3 is 0 Å². The Morgan fingerprint density at radius 1 is 1.10 bits per heavy atom. The van der Waals surface area contributed by atoms with Crippen LogP contribution in [0.25, 0.3) is 0 Å². The number of aryl methyl sites for hydroxylation is 1. The van der Waals surface area contributed by atoms with Gasteiger partial charge in [0.2, 0.25) is 0 Å². The van der Waals surface area contributed by atoms with Crippen molar-refractivity contribution in [1.29, 1.82) is 0 Å². The molecule has 1 heterocycles. The third-order valence-corrected chi connectivity index (χ3v) is 3.57. The van der Waals surface area contributed by atoms with Crippen LogP contribution < -0.4 is 0 Å². The van der Waals surface area contributed by atoms with Crippen molar-refractivity contribution in [3.05, 3.63) is 48.0 Å². The first kappa shape index (κ1) is 15.3. The Morgan fingerprint density at radius 3 is 2.75 bits per heavy atom. The van der Waals surface area contributed by atoms with Gasteiger partial charge in [-0.25, -0.2) is 0 Å². The van der Waals surface area contributed by atoms with E-state index >= 15 is 0 Å². The van der Waals surface area contributed by atoms with Gasteiger partial charge in [-0.2, -0.15) is 0 Å². The van der Waals surface area contributed by atoms with Crippen LogP contribution in [-0.2, 0) is 15.9 Å². The molecule has 2 heteroatoms. The summed E-state index contributed by atoms with van der Waals surface area (Å²) in [4.78, 5) is 0. The van der Waals surface area contributed by atoms with Gasteiger partial charge in [-0.15, -0.1) is 0 Å². The number of hydrogen-bond donors (Lipinski definition) is 0. The molecule has 1 fully saturated rings. The lowest BCUT2D eigenvalue weighted by Crippen LogP contribution is -2.22. The van der Waals surface area contributed by atoms with Crippen LogP contribution in [0.3, 0.4) is 0 Å². The minimum Gasteiger partial charge on any atom is -0.353 e. The van der Waals surface area contributed by atoms with Crippen LogP contribution in [0.1, 0.15) is 44.1 Å². The van der Waals surface area contributed by atoms with E-state index < -0.39 is 0 Å². The SMILES string of the molecule is C(=C/CCc1ccccc1)/CCCOC1CCCCO1. The summed E-state index contributed by atoms with van der Waals surface area (Å²) in [6.07, 6.45) is 12.5. The molecule has 0 saturated carbocycles. The highest BCUT2D eigenvalue weighted by molar-refractivity contribution is 5.15. The van der Waals surface area contributed by atoms with Gasteiger partial charge in [0.05, 0.1) is 6.61 Å².